The van der Waals surface area contributed by atoms with Gasteiger partial charge >= 0.3 is 0 Å². The predicted octanol–water partition coefficient (Wildman–Crippen LogP) is 4.25. The number of hydrogen-bond acceptors (Lipinski definition) is 0. The fourth-order valence-corrected chi connectivity index (χ4v) is 3.67. The van der Waals surface area contributed by atoms with Gasteiger partial charge in [-0.2, -0.15) is 0 Å². The fraction of sp³-hybridized carbons (Fsp3) is 0.533. The summed E-state index contributed by atoms with van der Waals surface area (Å²) >= 11 is 0. The number of halogens is 1. The van der Waals surface area contributed by atoms with Crippen LogP contribution in [0.4, 0.5) is 0 Å². The maximum Gasteiger partial charge on any atom is 0.244 e. The van der Waals surface area contributed by atoms with E-state index in [0.29, 0.717) is 0 Å². The molecule has 0 atom stereocenters. The van der Waals surface area contributed by atoms with Crippen molar-refractivity contribution in [2.24, 2.45) is 0 Å². The average Bonchev–Trinajstić information content (AvgIpc) is 2.66. The molecule has 2 nitrogen and oxygen atoms in total. The second-order valence-corrected chi connectivity index (χ2v) is 11.9. The SMILES string of the molecule is Br.CCn1c[n+](CCC[Si](C)(C)C)c2ccccc21. The lowest BCUT2D eigenvalue weighted by Gasteiger charge is -2.14. The molecule has 1 heterocycles. The van der Waals surface area contributed by atoms with Crippen LogP contribution in [0.5, 0.6) is 0 Å². The van der Waals surface area contributed by atoms with E-state index in [4.69, 9.17) is 0 Å². The van der Waals surface area contributed by atoms with Gasteiger partial charge in [0.2, 0.25) is 6.33 Å². The molecule has 0 N–H and O–H groups in total. The van der Waals surface area contributed by atoms with Crippen molar-refractivity contribution in [1.82, 2.24) is 4.57 Å². The molecule has 0 saturated heterocycles. The van der Waals surface area contributed by atoms with Crippen LogP contribution in [0.25, 0.3) is 11.0 Å². The first-order chi connectivity index (χ1) is 8.51. The molecule has 0 aliphatic heterocycles. The maximum absolute atomic E-state index is 2.45. The number of imidazole rings is 1. The largest absolute Gasteiger partial charge is 0.244 e. The Morgan fingerprint density at radius 3 is 2.47 bits per heavy atom. The van der Waals surface area contributed by atoms with Gasteiger partial charge < -0.3 is 0 Å². The molecule has 0 saturated carbocycles. The van der Waals surface area contributed by atoms with Crippen molar-refractivity contribution >= 4 is 36.1 Å². The summed E-state index contributed by atoms with van der Waals surface area (Å²) in [7, 11) is -0.900. The summed E-state index contributed by atoms with van der Waals surface area (Å²) < 4.78 is 4.75. The van der Waals surface area contributed by atoms with Gasteiger partial charge in [-0.1, -0.05) is 37.8 Å². The number of aryl methyl sites for hydroxylation is 2. The van der Waals surface area contributed by atoms with E-state index in [1.54, 1.807) is 0 Å². The molecule has 0 radical (unpaired) electrons. The van der Waals surface area contributed by atoms with Crippen molar-refractivity contribution in [2.45, 2.75) is 52.1 Å². The van der Waals surface area contributed by atoms with Crippen LogP contribution in [0.1, 0.15) is 13.3 Å². The molecule has 4 heteroatoms. The lowest BCUT2D eigenvalue weighted by molar-refractivity contribution is -0.672. The summed E-state index contributed by atoms with van der Waals surface area (Å²) in [5.41, 5.74) is 2.72. The minimum Gasteiger partial charge on any atom is -0.230 e. The molecule has 2 aromatic rings. The zero-order valence-electron chi connectivity index (χ0n) is 12.5. The summed E-state index contributed by atoms with van der Waals surface area (Å²) in [6, 6.07) is 10.1. The third kappa shape index (κ3) is 4.18. The highest BCUT2D eigenvalue weighted by Gasteiger charge is 2.16. The topological polar surface area (TPSA) is 8.81 Å². The van der Waals surface area contributed by atoms with Gasteiger partial charge in [-0.15, -0.1) is 17.0 Å². The van der Waals surface area contributed by atoms with E-state index in [1.807, 2.05) is 0 Å². The van der Waals surface area contributed by atoms with Gasteiger partial charge in [0.15, 0.2) is 11.0 Å². The van der Waals surface area contributed by atoms with Crippen LogP contribution in [0.15, 0.2) is 30.6 Å². The number of rotatable bonds is 5. The third-order valence-corrected chi connectivity index (χ3v) is 5.30. The molecule has 2 rings (SSSR count). The summed E-state index contributed by atoms with van der Waals surface area (Å²) in [4.78, 5) is 0. The standard InChI is InChI=1S/C15H25N2Si.BrH/c1-5-16-13-17(11-8-12-18(2,3)4)15-10-7-6-9-14(15)16;/h6-7,9-10,13H,5,8,11-12H2,1-4H3;1H/q+1;. The highest BCUT2D eigenvalue weighted by Crippen LogP contribution is 2.13. The van der Waals surface area contributed by atoms with Crippen LogP contribution < -0.4 is 4.57 Å². The smallest absolute Gasteiger partial charge is 0.230 e. The van der Waals surface area contributed by atoms with Gasteiger partial charge in [0.05, 0.1) is 13.1 Å². The first-order valence-electron chi connectivity index (χ1n) is 6.98. The van der Waals surface area contributed by atoms with E-state index in [9.17, 15) is 0 Å². The van der Waals surface area contributed by atoms with Crippen molar-refractivity contribution < 1.29 is 4.57 Å². The molecule has 0 aliphatic carbocycles. The zero-order valence-corrected chi connectivity index (χ0v) is 15.2. The van der Waals surface area contributed by atoms with Crippen molar-refractivity contribution in [1.29, 1.82) is 0 Å². The van der Waals surface area contributed by atoms with Crippen LogP contribution in [-0.4, -0.2) is 12.6 Å². The van der Waals surface area contributed by atoms with E-state index in [2.05, 4.69) is 66.3 Å². The number of aromatic nitrogens is 2. The number of benzene rings is 1. The fourth-order valence-electron chi connectivity index (χ4n) is 2.45. The summed E-state index contributed by atoms with van der Waals surface area (Å²) in [5.74, 6) is 0. The van der Waals surface area contributed by atoms with Gasteiger partial charge in [0, 0.05) is 8.07 Å². The Hall–Kier alpha value is -0.613. The maximum atomic E-state index is 2.45. The van der Waals surface area contributed by atoms with Gasteiger partial charge in [0.1, 0.15) is 0 Å². The first kappa shape index (κ1) is 16.4. The molecule has 0 bridgehead atoms. The van der Waals surface area contributed by atoms with Gasteiger partial charge in [-0.3, -0.25) is 0 Å². The molecule has 106 valence electrons. The number of para-hydroxylation sites is 2. The van der Waals surface area contributed by atoms with E-state index in [-0.39, 0.29) is 17.0 Å². The van der Waals surface area contributed by atoms with Crippen LogP contribution in [0.2, 0.25) is 25.7 Å². The van der Waals surface area contributed by atoms with E-state index in [1.165, 1.54) is 23.5 Å². The zero-order chi connectivity index (χ0) is 13.2. The molecule has 0 fully saturated rings. The minimum absolute atomic E-state index is 0. The third-order valence-electron chi connectivity index (χ3n) is 3.45. The molecule has 0 aliphatic rings. The summed E-state index contributed by atoms with van der Waals surface area (Å²) in [5, 5.41) is 0. The van der Waals surface area contributed by atoms with Crippen LogP contribution in [-0.2, 0) is 13.1 Å². The Morgan fingerprint density at radius 2 is 1.84 bits per heavy atom. The quantitative estimate of drug-likeness (QED) is 0.567. The molecule has 19 heavy (non-hydrogen) atoms. The van der Waals surface area contributed by atoms with Crippen LogP contribution >= 0.6 is 17.0 Å². The first-order valence-corrected chi connectivity index (χ1v) is 10.7. The lowest BCUT2D eigenvalue weighted by Crippen LogP contribution is -2.33. The number of nitrogens with zero attached hydrogens (tertiary/aromatic N) is 2. The van der Waals surface area contributed by atoms with Crippen LogP contribution in [0, 0.1) is 0 Å². The normalized spacial score (nSPS) is 11.6. The molecule has 1 aromatic carbocycles. The molecule has 1 aromatic heterocycles. The molecule has 0 unspecified atom stereocenters. The van der Waals surface area contributed by atoms with Gasteiger partial charge in [0.25, 0.3) is 0 Å². The minimum atomic E-state index is -0.900. The van der Waals surface area contributed by atoms with E-state index < -0.39 is 8.07 Å². The predicted molar refractivity (Wildman–Crippen MR) is 90.9 cm³/mol. The van der Waals surface area contributed by atoms with Crippen molar-refractivity contribution in [3.8, 4) is 0 Å². The Morgan fingerprint density at radius 1 is 1.16 bits per heavy atom. The molecule has 0 spiro atoms. The molecule has 0 amide bonds. The monoisotopic (exact) mass is 341 g/mol. The molecular formula is C15H26BrN2Si+. The highest BCUT2D eigenvalue weighted by molar-refractivity contribution is 8.93. The van der Waals surface area contributed by atoms with Gasteiger partial charge in [-0.25, -0.2) is 9.13 Å². The Bertz CT molecular complexity index is 528. The van der Waals surface area contributed by atoms with E-state index >= 15 is 0 Å². The van der Waals surface area contributed by atoms with Crippen LogP contribution in [0.3, 0.4) is 0 Å². The summed E-state index contributed by atoms with van der Waals surface area (Å²) in [6.07, 6.45) is 3.58. The number of fused-ring (bicyclic) bond motifs is 1. The Kier molecular flexibility index (Phi) is 5.80. The van der Waals surface area contributed by atoms with Crippen molar-refractivity contribution in [2.75, 3.05) is 0 Å². The van der Waals surface area contributed by atoms with E-state index in [0.717, 1.165) is 13.1 Å². The van der Waals surface area contributed by atoms with Crippen molar-refractivity contribution in [3.05, 3.63) is 30.6 Å². The highest BCUT2D eigenvalue weighted by atomic mass is 79.9. The summed E-state index contributed by atoms with van der Waals surface area (Å²) in [6.45, 7) is 11.8. The molecular weight excluding hydrogens is 316 g/mol. The average molecular weight is 342 g/mol. The van der Waals surface area contributed by atoms with Gasteiger partial charge in [-0.05, 0) is 25.5 Å². The van der Waals surface area contributed by atoms with Crippen molar-refractivity contribution in [3.63, 3.8) is 0 Å². The Balaban J connectivity index is 0.00000180. The Labute approximate surface area is 128 Å². The lowest BCUT2D eigenvalue weighted by atomic mass is 10.3. The second kappa shape index (κ2) is 6.71. The number of hydrogen-bond donors (Lipinski definition) is 0. The second-order valence-electron chi connectivity index (χ2n) is 6.25.